The molecule has 0 aliphatic carbocycles. The van der Waals surface area contributed by atoms with Crippen LogP contribution in [0.4, 0.5) is 4.79 Å². The number of carbonyl (C=O) groups is 2. The quantitative estimate of drug-likeness (QED) is 0.322. The van der Waals surface area contributed by atoms with Crippen molar-refractivity contribution in [1.82, 2.24) is 9.99 Å². The molecule has 2 heterocycles. The zero-order valence-corrected chi connectivity index (χ0v) is 15.1. The molecule has 3 rings (SSSR count). The molecular weight excluding hydrogens is 366 g/mol. The molecule has 1 aliphatic rings. The van der Waals surface area contributed by atoms with Crippen LogP contribution in [0.25, 0.3) is 16.6 Å². The van der Waals surface area contributed by atoms with Gasteiger partial charge in [0, 0.05) is 16.6 Å². The summed E-state index contributed by atoms with van der Waals surface area (Å²) in [5, 5.41) is 8.00. The molecule has 2 aromatic rings. The van der Waals surface area contributed by atoms with E-state index in [1.54, 1.807) is 6.20 Å². The van der Waals surface area contributed by atoms with Crippen LogP contribution >= 0.6 is 15.9 Å². The number of imide groups is 1. The standard InChI is InChI=1S/C13H9BrN4O3.Na/c14-9-3-1-8(2-4-9)10-5-15-12(21-10)6-16-18-7-11(19)17-13(18)20;/h1-6H,7H2,(H,17,19,20);/q;+1/p-1/b16-6+;/i7+1,11+1,13+1;. The van der Waals surface area contributed by atoms with Gasteiger partial charge in [0.05, 0.1) is 12.4 Å². The van der Waals surface area contributed by atoms with E-state index in [9.17, 15) is 9.59 Å². The van der Waals surface area contributed by atoms with Crippen molar-refractivity contribution >= 4 is 34.1 Å². The number of oxazole rings is 1. The predicted molar refractivity (Wildman–Crippen MR) is 77.7 cm³/mol. The van der Waals surface area contributed by atoms with Crippen molar-refractivity contribution in [2.24, 2.45) is 5.10 Å². The molecule has 0 unspecified atom stereocenters. The summed E-state index contributed by atoms with van der Waals surface area (Å²) in [6.07, 6.45) is 2.83. The monoisotopic (exact) mass is 373 g/mol. The smallest absolute Gasteiger partial charge is 0.435 e. The number of aromatic nitrogens is 1. The molecule has 0 atom stereocenters. The molecule has 22 heavy (non-hydrogen) atoms. The molecule has 106 valence electrons. The zero-order chi connectivity index (χ0) is 14.8. The van der Waals surface area contributed by atoms with Crippen LogP contribution in [-0.4, -0.2) is 34.7 Å². The molecule has 0 saturated carbocycles. The maximum absolute atomic E-state index is 11.2. The molecule has 1 saturated heterocycles. The molecule has 1 fully saturated rings. The Bertz CT molecular complexity index is 729. The third-order valence-electron chi connectivity index (χ3n) is 2.69. The van der Waals surface area contributed by atoms with Gasteiger partial charge in [-0.3, -0.25) is 14.7 Å². The number of amides is 3. The van der Waals surface area contributed by atoms with Gasteiger partial charge in [0.15, 0.2) is 17.7 Å². The summed E-state index contributed by atoms with van der Waals surface area (Å²) in [5.74, 6) is 0.303. The van der Waals surface area contributed by atoms with E-state index in [1.807, 2.05) is 24.3 Å². The zero-order valence-electron chi connectivity index (χ0n) is 11.6. The van der Waals surface area contributed by atoms with Gasteiger partial charge in [-0.15, -0.1) is 0 Å². The first kappa shape index (κ1) is 16.9. The Hall–Kier alpha value is -1.48. The van der Waals surface area contributed by atoms with E-state index in [-0.39, 0.29) is 42.0 Å². The Balaban J connectivity index is 0.00000176. The predicted octanol–water partition coefficient (Wildman–Crippen LogP) is -0.222. The normalized spacial score (nSPS) is 14.3. The second kappa shape index (κ2) is 7.19. The first-order chi connectivity index (χ1) is 10.1. The minimum atomic E-state index is -0.684. The molecule has 0 bridgehead atoms. The van der Waals surface area contributed by atoms with Crippen molar-refractivity contribution in [2.75, 3.05) is 6.54 Å². The Morgan fingerprint density at radius 1 is 1.32 bits per heavy atom. The molecule has 1 aromatic carbocycles. The van der Waals surface area contributed by atoms with Crippen molar-refractivity contribution in [2.45, 2.75) is 0 Å². The molecule has 1 aromatic heterocycles. The number of carbonyl (C=O) groups excluding carboxylic acids is 2. The van der Waals surface area contributed by atoms with Gasteiger partial charge in [0.25, 0.3) is 0 Å². The maximum atomic E-state index is 11.2. The van der Waals surface area contributed by atoms with Crippen LogP contribution in [0.15, 0.2) is 44.5 Å². The van der Waals surface area contributed by atoms with E-state index < -0.39 is 11.9 Å². The number of hydrogen-bond donors (Lipinski definition) is 0. The van der Waals surface area contributed by atoms with Crippen molar-refractivity contribution in [3.63, 3.8) is 0 Å². The Kier molecular flexibility index (Phi) is 5.52. The molecular formula is C13H8BrN4NaO3. The van der Waals surface area contributed by atoms with Crippen molar-refractivity contribution in [3.8, 4) is 11.3 Å². The van der Waals surface area contributed by atoms with E-state index in [0.717, 1.165) is 15.0 Å². The Morgan fingerprint density at radius 2 is 2.05 bits per heavy atom. The van der Waals surface area contributed by atoms with Gasteiger partial charge in [-0.25, -0.2) is 4.98 Å². The van der Waals surface area contributed by atoms with E-state index >= 15 is 0 Å². The number of benzene rings is 1. The molecule has 0 radical (unpaired) electrons. The summed E-state index contributed by atoms with van der Waals surface area (Å²) >= 11 is 3.35. The van der Waals surface area contributed by atoms with Crippen LogP contribution in [-0.2, 0) is 4.79 Å². The Labute approximate surface area is 156 Å². The minimum absolute atomic E-state index is 0. The maximum Gasteiger partial charge on any atom is 1.00 e. The second-order valence-electron chi connectivity index (χ2n) is 4.16. The summed E-state index contributed by atoms with van der Waals surface area (Å²) in [6.45, 7) is -0.157. The fourth-order valence-electron chi connectivity index (χ4n) is 1.70. The minimum Gasteiger partial charge on any atom is -0.435 e. The van der Waals surface area contributed by atoms with Gasteiger partial charge < -0.3 is 14.7 Å². The average Bonchev–Trinajstić information content (AvgIpc) is 3.04. The molecule has 9 heteroatoms. The molecule has 0 spiro atoms. The van der Waals surface area contributed by atoms with Gasteiger partial charge in [0.2, 0.25) is 5.89 Å². The van der Waals surface area contributed by atoms with Crippen LogP contribution in [0.1, 0.15) is 5.89 Å². The third-order valence-corrected chi connectivity index (χ3v) is 3.21. The number of nitrogens with zero attached hydrogens (tertiary/aromatic N) is 4. The van der Waals surface area contributed by atoms with Crippen molar-refractivity contribution < 1.29 is 43.6 Å². The topological polar surface area (TPSA) is 89.9 Å². The first-order valence-electron chi connectivity index (χ1n) is 5.93. The summed E-state index contributed by atoms with van der Waals surface area (Å²) in [6, 6.07) is 6.86. The van der Waals surface area contributed by atoms with Crippen molar-refractivity contribution in [1.29, 1.82) is 0 Å². The third kappa shape index (κ3) is 3.83. The number of halogens is 1. The van der Waals surface area contributed by atoms with E-state index in [1.165, 1.54) is 6.21 Å². The summed E-state index contributed by atoms with van der Waals surface area (Å²) in [4.78, 5) is 26.2. The van der Waals surface area contributed by atoms with Gasteiger partial charge in [-0.05, 0) is 12.1 Å². The second-order valence-corrected chi connectivity index (χ2v) is 5.08. The molecule has 3 amide bonds. The number of hydrazone groups is 1. The number of rotatable bonds is 3. The fourth-order valence-corrected chi connectivity index (χ4v) is 1.96. The SMILES string of the molecule is O=[13C]1[13CH2]N(/N=C/c2ncc(-c3ccc(Br)cc3)o2)[13C](=O)[N-]1.[Na+]. The summed E-state index contributed by atoms with van der Waals surface area (Å²) < 4.78 is 6.47. The summed E-state index contributed by atoms with van der Waals surface area (Å²) in [7, 11) is 0. The largest absolute Gasteiger partial charge is 1.00 e. The van der Waals surface area contributed by atoms with Gasteiger partial charge in [0.1, 0.15) is 0 Å². The van der Waals surface area contributed by atoms with E-state index in [2.05, 4.69) is 31.3 Å². The van der Waals surface area contributed by atoms with Crippen LogP contribution in [0.5, 0.6) is 0 Å². The van der Waals surface area contributed by atoms with E-state index in [0.29, 0.717) is 5.76 Å². The first-order valence-corrected chi connectivity index (χ1v) is 6.73. The number of urea groups is 1. The Morgan fingerprint density at radius 3 is 2.68 bits per heavy atom. The van der Waals surface area contributed by atoms with Crippen molar-refractivity contribution in [3.05, 3.63) is 46.1 Å². The molecule has 1 aliphatic heterocycles. The van der Waals surface area contributed by atoms with Crippen LogP contribution < -0.4 is 29.6 Å². The fraction of sp³-hybridized carbons (Fsp3) is 0.0769. The summed E-state index contributed by atoms with van der Waals surface area (Å²) in [5.41, 5.74) is 0.868. The molecule has 0 N–H and O–H groups in total. The van der Waals surface area contributed by atoms with Crippen LogP contribution in [0.3, 0.4) is 0 Å². The van der Waals surface area contributed by atoms with Crippen LogP contribution in [0.2, 0.25) is 0 Å². The number of hydrogen-bond acceptors (Lipinski definition) is 5. The van der Waals surface area contributed by atoms with Gasteiger partial charge >= 0.3 is 29.6 Å². The van der Waals surface area contributed by atoms with Crippen LogP contribution in [0, 0.1) is 0 Å². The van der Waals surface area contributed by atoms with Gasteiger partial charge in [-0.1, -0.05) is 28.1 Å². The molecule has 7 nitrogen and oxygen atoms in total. The van der Waals surface area contributed by atoms with Gasteiger partial charge in [-0.2, -0.15) is 0 Å². The average molecular weight is 374 g/mol. The van der Waals surface area contributed by atoms with E-state index in [4.69, 9.17) is 4.42 Å².